The average molecular weight is 375 g/mol. The first kappa shape index (κ1) is 13.9. The Bertz CT molecular complexity index is 504. The summed E-state index contributed by atoms with van der Waals surface area (Å²) >= 11 is 1.65. The van der Waals surface area contributed by atoms with Gasteiger partial charge < -0.3 is 0 Å². The summed E-state index contributed by atoms with van der Waals surface area (Å²) in [6.45, 7) is 2.18. The third-order valence-electron chi connectivity index (χ3n) is 2.25. The summed E-state index contributed by atoms with van der Waals surface area (Å²) in [4.78, 5) is 0. The van der Waals surface area contributed by atoms with Crippen LogP contribution in [-0.4, -0.2) is 31.8 Å². The molecule has 2 aromatic rings. The van der Waals surface area contributed by atoms with Gasteiger partial charge >= 0.3 is 121 Å². The fourth-order valence-electron chi connectivity index (χ4n) is 1.35. The second-order valence-electron chi connectivity index (χ2n) is 3.68. The van der Waals surface area contributed by atoms with Crippen LogP contribution >= 0.6 is 11.3 Å². The molecule has 0 amide bonds. The molecule has 0 fully saturated rings. The van der Waals surface area contributed by atoms with E-state index in [2.05, 4.69) is 17.1 Å². The summed E-state index contributed by atoms with van der Waals surface area (Å²) in [6.07, 6.45) is 1.20. The van der Waals surface area contributed by atoms with Crippen LogP contribution in [0.2, 0.25) is 0 Å². The predicted molar refractivity (Wildman–Crippen MR) is 69.0 cm³/mol. The summed E-state index contributed by atoms with van der Waals surface area (Å²) in [5.41, 5.74) is 1.46. The first-order valence-electron chi connectivity index (χ1n) is 5.60. The second-order valence-corrected chi connectivity index (χ2v) is 8.25. The average Bonchev–Trinajstić information content (AvgIpc) is 2.85. The van der Waals surface area contributed by atoms with Gasteiger partial charge in [-0.05, 0) is 0 Å². The van der Waals surface area contributed by atoms with Gasteiger partial charge in [-0.25, -0.2) is 0 Å². The third kappa shape index (κ3) is 3.50. The summed E-state index contributed by atoms with van der Waals surface area (Å²) in [5.74, 6) is 0. The van der Waals surface area contributed by atoms with Crippen molar-refractivity contribution in [1.82, 2.24) is 10.2 Å². The van der Waals surface area contributed by atoms with Crippen LogP contribution in [0.1, 0.15) is 13.3 Å². The molecule has 1 aromatic carbocycles. The van der Waals surface area contributed by atoms with Crippen LogP contribution in [0.15, 0.2) is 24.3 Å². The molecule has 0 aliphatic rings. The fraction of sp³-hybridized carbons (Fsp3) is 0.273. The van der Waals surface area contributed by atoms with Gasteiger partial charge in [0.15, 0.2) is 0 Å². The molecule has 18 heavy (non-hydrogen) atoms. The zero-order valence-corrected chi connectivity index (χ0v) is 12.9. The number of benzene rings is 1. The van der Waals surface area contributed by atoms with Crippen molar-refractivity contribution in [1.29, 1.82) is 0 Å². The maximum absolute atomic E-state index is 9.02. The zero-order valence-electron chi connectivity index (χ0n) is 9.88. The normalized spacial score (nSPS) is 10.8. The van der Waals surface area contributed by atoms with Crippen LogP contribution in [-0.2, 0) is 0 Å². The van der Waals surface area contributed by atoms with Crippen LogP contribution in [0.5, 0.6) is 0 Å². The SMILES string of the molecule is CCC[I-]c1nnc(-c2ccc(B(O)O)cc2)s1. The molecule has 7 heteroatoms. The molecule has 0 unspecified atom stereocenters. The summed E-state index contributed by atoms with van der Waals surface area (Å²) in [5, 5.41) is 27.3. The number of rotatable bonds is 5. The van der Waals surface area contributed by atoms with E-state index in [-0.39, 0.29) is 21.2 Å². The molecule has 0 radical (unpaired) electrons. The van der Waals surface area contributed by atoms with Gasteiger partial charge in [-0.2, -0.15) is 0 Å². The summed E-state index contributed by atoms with van der Waals surface area (Å²) in [7, 11) is -1.42. The Morgan fingerprint density at radius 3 is 2.56 bits per heavy atom. The van der Waals surface area contributed by atoms with Crippen molar-refractivity contribution >= 4 is 23.9 Å². The number of aromatic nitrogens is 2. The van der Waals surface area contributed by atoms with E-state index in [1.54, 1.807) is 23.5 Å². The van der Waals surface area contributed by atoms with E-state index in [1.165, 1.54) is 10.8 Å². The Morgan fingerprint density at radius 2 is 1.94 bits per heavy atom. The topological polar surface area (TPSA) is 66.2 Å². The van der Waals surface area contributed by atoms with Crippen LogP contribution < -0.4 is 26.7 Å². The molecule has 0 atom stereocenters. The van der Waals surface area contributed by atoms with E-state index >= 15 is 0 Å². The van der Waals surface area contributed by atoms with Crippen molar-refractivity contribution < 1.29 is 31.3 Å². The number of halogens is 1. The molecule has 0 bridgehead atoms. The van der Waals surface area contributed by atoms with Gasteiger partial charge in [-0.1, -0.05) is 0 Å². The molecular formula is C11H13BIN2O2S-. The molecule has 0 aliphatic heterocycles. The summed E-state index contributed by atoms with van der Waals surface area (Å²) < 4.78 is 2.40. The Hall–Kier alpha value is -0.505. The van der Waals surface area contributed by atoms with Crippen molar-refractivity contribution in [3.63, 3.8) is 0 Å². The van der Waals surface area contributed by atoms with E-state index in [0.29, 0.717) is 5.46 Å². The number of nitrogens with zero attached hydrogens (tertiary/aromatic N) is 2. The molecule has 0 spiro atoms. The molecule has 1 heterocycles. The Labute approximate surface area is 120 Å². The Balaban J connectivity index is 2.13. The molecule has 0 aliphatic carbocycles. The van der Waals surface area contributed by atoms with Crippen molar-refractivity contribution in [2.75, 3.05) is 4.43 Å². The van der Waals surface area contributed by atoms with Crippen molar-refractivity contribution in [2.24, 2.45) is 0 Å². The van der Waals surface area contributed by atoms with Gasteiger partial charge in [0, 0.05) is 0 Å². The van der Waals surface area contributed by atoms with Gasteiger partial charge in [-0.15, -0.1) is 0 Å². The maximum atomic E-state index is 9.02. The monoisotopic (exact) mass is 375 g/mol. The zero-order chi connectivity index (χ0) is 13.0. The van der Waals surface area contributed by atoms with Crippen molar-refractivity contribution in [3.8, 4) is 10.6 Å². The van der Waals surface area contributed by atoms with Gasteiger partial charge in [-0.3, -0.25) is 0 Å². The third-order valence-corrected chi connectivity index (χ3v) is 6.89. The van der Waals surface area contributed by atoms with Gasteiger partial charge in [0.25, 0.3) is 0 Å². The van der Waals surface area contributed by atoms with E-state index in [1.807, 2.05) is 12.1 Å². The number of alkyl halides is 1. The predicted octanol–water partition coefficient (Wildman–Crippen LogP) is -2.45. The van der Waals surface area contributed by atoms with E-state index in [4.69, 9.17) is 10.0 Å². The number of hydrogen-bond donors (Lipinski definition) is 2. The molecule has 2 N–H and O–H groups in total. The molecule has 2 rings (SSSR count). The van der Waals surface area contributed by atoms with Crippen LogP contribution in [0.3, 0.4) is 0 Å². The molecule has 0 saturated carbocycles. The first-order chi connectivity index (χ1) is 8.70. The Kier molecular flexibility index (Phi) is 5.10. The standard InChI is InChI=1S/C11H13BIN2O2S/c1-2-7-13-11-15-14-10(18-11)8-3-5-9(6-4-8)12(16)17/h3-6,16-17H,2,7H2,1H3/q-1. The Morgan fingerprint density at radius 1 is 1.22 bits per heavy atom. The van der Waals surface area contributed by atoms with Crippen molar-refractivity contribution in [2.45, 2.75) is 13.3 Å². The quantitative estimate of drug-likeness (QED) is 0.346. The van der Waals surface area contributed by atoms with E-state index < -0.39 is 7.12 Å². The van der Waals surface area contributed by atoms with Crippen LogP contribution in [0, 0.1) is 3.01 Å². The second kappa shape index (κ2) is 6.60. The molecule has 96 valence electrons. The van der Waals surface area contributed by atoms with Crippen molar-refractivity contribution in [3.05, 3.63) is 27.3 Å². The van der Waals surface area contributed by atoms with E-state index in [9.17, 15) is 0 Å². The van der Waals surface area contributed by atoms with Gasteiger partial charge in [0.05, 0.1) is 0 Å². The minimum atomic E-state index is -1.42. The van der Waals surface area contributed by atoms with Crippen LogP contribution in [0.25, 0.3) is 10.6 Å². The molecule has 1 aromatic heterocycles. The van der Waals surface area contributed by atoms with E-state index in [0.717, 1.165) is 13.6 Å². The first-order valence-corrected chi connectivity index (χ1v) is 9.02. The van der Waals surface area contributed by atoms with Gasteiger partial charge in [0.1, 0.15) is 0 Å². The molecular weight excluding hydrogens is 362 g/mol. The summed E-state index contributed by atoms with van der Waals surface area (Å²) in [6, 6.07) is 7.08. The minimum absolute atomic E-state index is 0.00354. The van der Waals surface area contributed by atoms with Crippen LogP contribution in [0.4, 0.5) is 0 Å². The number of hydrogen-bond acceptors (Lipinski definition) is 5. The fourth-order valence-corrected chi connectivity index (χ4v) is 4.85. The van der Waals surface area contributed by atoms with Gasteiger partial charge in [0.2, 0.25) is 0 Å². The molecule has 0 saturated heterocycles. The molecule has 4 nitrogen and oxygen atoms in total.